The minimum Gasteiger partial charge on any atom is -0.493 e. The molecule has 0 bridgehead atoms. The minimum atomic E-state index is -4.52. The van der Waals surface area contributed by atoms with Gasteiger partial charge in [-0.05, 0) is 43.2 Å². The summed E-state index contributed by atoms with van der Waals surface area (Å²) < 4.78 is 49.5. The molecule has 0 fully saturated rings. The van der Waals surface area contributed by atoms with Crippen molar-refractivity contribution in [3.05, 3.63) is 53.6 Å². The Balaban J connectivity index is 2.02. The second kappa shape index (κ2) is 8.60. The Labute approximate surface area is 149 Å². The van der Waals surface area contributed by atoms with E-state index in [1.165, 1.54) is 25.3 Å². The topological polar surface area (TPSA) is 47.6 Å². The van der Waals surface area contributed by atoms with E-state index in [9.17, 15) is 18.0 Å². The first-order chi connectivity index (χ1) is 12.3. The summed E-state index contributed by atoms with van der Waals surface area (Å²) in [6, 6.07) is 10.2. The third-order valence-electron chi connectivity index (χ3n) is 3.68. The first-order valence-electron chi connectivity index (χ1n) is 8.11. The maximum absolute atomic E-state index is 13.0. The molecule has 0 heterocycles. The summed E-state index contributed by atoms with van der Waals surface area (Å²) in [6.45, 7) is 2.35. The lowest BCUT2D eigenvalue weighted by Gasteiger charge is -2.14. The van der Waals surface area contributed by atoms with Gasteiger partial charge in [0.25, 0.3) is 0 Å². The molecule has 0 aliphatic rings. The molecular weight excluding hydrogens is 347 g/mol. The fourth-order valence-electron chi connectivity index (χ4n) is 2.45. The van der Waals surface area contributed by atoms with Crippen molar-refractivity contribution in [2.24, 2.45) is 0 Å². The molecule has 2 rings (SSSR count). The molecule has 1 N–H and O–H groups in total. The molecule has 0 radical (unpaired) electrons. The molecule has 0 saturated heterocycles. The van der Waals surface area contributed by atoms with Crippen LogP contribution in [-0.2, 0) is 17.4 Å². The molecule has 2 aromatic carbocycles. The van der Waals surface area contributed by atoms with Crippen LogP contribution in [0.3, 0.4) is 0 Å². The normalized spacial score (nSPS) is 11.1. The molecule has 26 heavy (non-hydrogen) atoms. The lowest BCUT2D eigenvalue weighted by Crippen LogP contribution is -2.16. The number of benzene rings is 2. The number of hydrogen-bond donors (Lipinski definition) is 1. The van der Waals surface area contributed by atoms with Crippen molar-refractivity contribution in [2.75, 3.05) is 19.0 Å². The highest BCUT2D eigenvalue weighted by Crippen LogP contribution is 2.34. The number of methoxy groups -OCH3 is 1. The number of anilines is 1. The largest absolute Gasteiger partial charge is 0.493 e. The molecule has 0 aliphatic heterocycles. The number of carbonyl (C=O) groups is 1. The summed E-state index contributed by atoms with van der Waals surface area (Å²) in [6.07, 6.45) is -4.11. The zero-order valence-electron chi connectivity index (χ0n) is 14.5. The Morgan fingerprint density at radius 2 is 1.85 bits per heavy atom. The summed E-state index contributed by atoms with van der Waals surface area (Å²) in [7, 11) is 1.52. The predicted octanol–water partition coefficient (Wildman–Crippen LogP) is 4.68. The number of carbonyl (C=O) groups excluding carboxylic acids is 1. The number of ether oxygens (including phenoxy) is 2. The fourth-order valence-corrected chi connectivity index (χ4v) is 2.45. The van der Waals surface area contributed by atoms with Crippen LogP contribution in [0, 0.1) is 0 Å². The average Bonchev–Trinajstić information content (AvgIpc) is 2.60. The van der Waals surface area contributed by atoms with Crippen LogP contribution in [0.15, 0.2) is 42.5 Å². The fraction of sp³-hybridized carbons (Fsp3) is 0.316. The highest BCUT2D eigenvalue weighted by atomic mass is 19.4. The number of hydrogen-bond acceptors (Lipinski definition) is 3. The van der Waals surface area contributed by atoms with Crippen molar-refractivity contribution in [3.63, 3.8) is 0 Å². The molecule has 140 valence electrons. The van der Waals surface area contributed by atoms with Crippen LogP contribution in [0.25, 0.3) is 0 Å². The van der Waals surface area contributed by atoms with Crippen molar-refractivity contribution in [2.45, 2.75) is 25.9 Å². The van der Waals surface area contributed by atoms with E-state index >= 15 is 0 Å². The predicted molar refractivity (Wildman–Crippen MR) is 92.6 cm³/mol. The van der Waals surface area contributed by atoms with Crippen LogP contribution < -0.4 is 14.8 Å². The molecule has 4 nitrogen and oxygen atoms in total. The summed E-state index contributed by atoms with van der Waals surface area (Å²) in [5.41, 5.74) is -0.282. The highest BCUT2D eigenvalue weighted by Gasteiger charge is 2.33. The standard InChI is InChI=1S/C19H20F3NO3/c1-3-26-16-10-8-13(12-17(16)25-2)9-11-18(24)23-15-7-5-4-6-14(15)19(20,21)22/h4-8,10,12H,3,9,11H2,1-2H3,(H,23,24). The van der Waals surface area contributed by atoms with E-state index in [1.807, 2.05) is 6.92 Å². The quantitative estimate of drug-likeness (QED) is 0.773. The van der Waals surface area contributed by atoms with E-state index in [0.717, 1.165) is 11.6 Å². The molecule has 0 atom stereocenters. The number of nitrogens with one attached hydrogen (secondary N) is 1. The van der Waals surface area contributed by atoms with Gasteiger partial charge >= 0.3 is 6.18 Å². The van der Waals surface area contributed by atoms with Gasteiger partial charge in [0.2, 0.25) is 5.91 Å². The monoisotopic (exact) mass is 367 g/mol. The summed E-state index contributed by atoms with van der Waals surface area (Å²) >= 11 is 0. The number of alkyl halides is 3. The van der Waals surface area contributed by atoms with Gasteiger partial charge < -0.3 is 14.8 Å². The van der Waals surface area contributed by atoms with Crippen molar-refractivity contribution in [1.82, 2.24) is 0 Å². The molecule has 0 saturated carbocycles. The number of aryl methyl sites for hydroxylation is 1. The zero-order chi connectivity index (χ0) is 19.2. The Morgan fingerprint density at radius 3 is 2.50 bits per heavy atom. The smallest absolute Gasteiger partial charge is 0.418 e. The third kappa shape index (κ3) is 5.15. The van der Waals surface area contributed by atoms with Gasteiger partial charge in [0.1, 0.15) is 0 Å². The van der Waals surface area contributed by atoms with Gasteiger partial charge in [-0.3, -0.25) is 4.79 Å². The molecule has 2 aromatic rings. The Morgan fingerprint density at radius 1 is 1.12 bits per heavy atom. The summed E-state index contributed by atoms with van der Waals surface area (Å²) in [5.74, 6) is 0.657. The number of amides is 1. The van der Waals surface area contributed by atoms with E-state index in [4.69, 9.17) is 9.47 Å². The second-order valence-electron chi connectivity index (χ2n) is 5.51. The second-order valence-corrected chi connectivity index (χ2v) is 5.51. The van der Waals surface area contributed by atoms with Gasteiger partial charge in [0.05, 0.1) is 25.0 Å². The molecular formula is C19H20F3NO3. The zero-order valence-corrected chi connectivity index (χ0v) is 14.5. The van der Waals surface area contributed by atoms with Crippen LogP contribution in [0.4, 0.5) is 18.9 Å². The van der Waals surface area contributed by atoms with Crippen LogP contribution >= 0.6 is 0 Å². The minimum absolute atomic E-state index is 0.0450. The molecule has 1 amide bonds. The summed E-state index contributed by atoms with van der Waals surface area (Å²) in [4.78, 5) is 12.1. The maximum atomic E-state index is 13.0. The van der Waals surface area contributed by atoms with Gasteiger partial charge in [-0.15, -0.1) is 0 Å². The molecule has 0 spiro atoms. The van der Waals surface area contributed by atoms with E-state index in [2.05, 4.69) is 5.32 Å². The van der Waals surface area contributed by atoms with Gasteiger partial charge in [-0.25, -0.2) is 0 Å². The van der Waals surface area contributed by atoms with Gasteiger partial charge in [0, 0.05) is 6.42 Å². The van der Waals surface area contributed by atoms with Crippen LogP contribution in [0.5, 0.6) is 11.5 Å². The Hall–Kier alpha value is -2.70. The van der Waals surface area contributed by atoms with E-state index < -0.39 is 17.6 Å². The number of para-hydroxylation sites is 1. The SMILES string of the molecule is CCOc1ccc(CCC(=O)Nc2ccccc2C(F)(F)F)cc1OC. The van der Waals surface area contributed by atoms with Gasteiger partial charge in [0.15, 0.2) is 11.5 Å². The molecule has 0 aromatic heterocycles. The average molecular weight is 367 g/mol. The maximum Gasteiger partial charge on any atom is 0.418 e. The van der Waals surface area contributed by atoms with Crippen molar-refractivity contribution < 1.29 is 27.4 Å². The molecule has 0 unspecified atom stereocenters. The van der Waals surface area contributed by atoms with Crippen LogP contribution in [0.2, 0.25) is 0 Å². The lowest BCUT2D eigenvalue weighted by atomic mass is 10.1. The first kappa shape index (κ1) is 19.6. The van der Waals surface area contributed by atoms with Crippen LogP contribution in [0.1, 0.15) is 24.5 Å². The third-order valence-corrected chi connectivity index (χ3v) is 3.68. The highest BCUT2D eigenvalue weighted by molar-refractivity contribution is 5.91. The van der Waals surface area contributed by atoms with E-state index in [0.29, 0.717) is 24.5 Å². The lowest BCUT2D eigenvalue weighted by molar-refractivity contribution is -0.137. The van der Waals surface area contributed by atoms with Crippen molar-refractivity contribution in [1.29, 1.82) is 0 Å². The van der Waals surface area contributed by atoms with E-state index in [-0.39, 0.29) is 12.1 Å². The van der Waals surface area contributed by atoms with E-state index in [1.54, 1.807) is 18.2 Å². The Kier molecular flexibility index (Phi) is 6.49. The van der Waals surface area contributed by atoms with Gasteiger partial charge in [-0.2, -0.15) is 13.2 Å². The van der Waals surface area contributed by atoms with Crippen LogP contribution in [-0.4, -0.2) is 19.6 Å². The Bertz CT molecular complexity index is 760. The molecule has 7 heteroatoms. The number of halogens is 3. The number of rotatable bonds is 7. The first-order valence-corrected chi connectivity index (χ1v) is 8.11. The summed E-state index contributed by atoms with van der Waals surface area (Å²) in [5, 5.41) is 2.33. The van der Waals surface area contributed by atoms with Crippen molar-refractivity contribution in [3.8, 4) is 11.5 Å². The molecule has 0 aliphatic carbocycles. The van der Waals surface area contributed by atoms with Gasteiger partial charge in [-0.1, -0.05) is 18.2 Å². The van der Waals surface area contributed by atoms with Crippen molar-refractivity contribution >= 4 is 11.6 Å².